The molecule has 20 heavy (non-hydrogen) atoms. The molecule has 7 heteroatoms. The van der Waals surface area contributed by atoms with Crippen LogP contribution < -0.4 is 11.2 Å². The minimum absolute atomic E-state index is 0.120. The van der Waals surface area contributed by atoms with E-state index in [2.05, 4.69) is 10.1 Å². The number of fused-ring (bicyclic) bond motifs is 1. The number of nitrogens with one attached hydrogen (secondary N) is 1. The summed E-state index contributed by atoms with van der Waals surface area (Å²) in [5, 5.41) is 4.26. The summed E-state index contributed by atoms with van der Waals surface area (Å²) in [4.78, 5) is 26.7. The lowest BCUT2D eigenvalue weighted by atomic mass is 10.2. The van der Waals surface area contributed by atoms with E-state index in [1.54, 1.807) is 24.1 Å². The molecule has 2 heterocycles. The third-order valence-corrected chi connectivity index (χ3v) is 3.04. The van der Waals surface area contributed by atoms with Gasteiger partial charge in [0.1, 0.15) is 5.82 Å². The highest BCUT2D eigenvalue weighted by Crippen LogP contribution is 2.07. The van der Waals surface area contributed by atoms with E-state index in [1.165, 1.54) is 12.1 Å². The van der Waals surface area contributed by atoms with E-state index in [9.17, 15) is 14.0 Å². The Bertz CT molecular complexity index is 907. The maximum absolute atomic E-state index is 13.1. The molecule has 3 aromatic rings. The second-order valence-electron chi connectivity index (χ2n) is 4.53. The lowest BCUT2D eigenvalue weighted by Gasteiger charge is -2.04. The van der Waals surface area contributed by atoms with Crippen molar-refractivity contribution in [1.29, 1.82) is 0 Å². The first-order valence-electron chi connectivity index (χ1n) is 5.94. The summed E-state index contributed by atoms with van der Waals surface area (Å²) >= 11 is 0. The van der Waals surface area contributed by atoms with Gasteiger partial charge >= 0.3 is 5.69 Å². The van der Waals surface area contributed by atoms with Crippen molar-refractivity contribution in [1.82, 2.24) is 19.3 Å². The third-order valence-electron chi connectivity index (χ3n) is 3.04. The number of aromatic nitrogens is 4. The summed E-state index contributed by atoms with van der Waals surface area (Å²) < 4.78 is 15.8. The smallest absolute Gasteiger partial charge is 0.307 e. The second-order valence-corrected chi connectivity index (χ2v) is 4.53. The van der Waals surface area contributed by atoms with Crippen LogP contribution in [-0.2, 0) is 13.6 Å². The second kappa shape index (κ2) is 4.44. The Hall–Kier alpha value is -2.70. The maximum atomic E-state index is 13.1. The lowest BCUT2D eigenvalue weighted by molar-refractivity contribution is 0.628. The number of aromatic amines is 1. The van der Waals surface area contributed by atoms with Crippen LogP contribution in [0.15, 0.2) is 40.2 Å². The molecule has 0 aliphatic rings. The molecule has 0 bridgehead atoms. The summed E-state index contributed by atoms with van der Waals surface area (Å²) in [6.07, 6.45) is 3.31. The van der Waals surface area contributed by atoms with E-state index >= 15 is 0 Å². The van der Waals surface area contributed by atoms with Crippen molar-refractivity contribution in [3.8, 4) is 0 Å². The van der Waals surface area contributed by atoms with Crippen LogP contribution in [0.1, 0.15) is 5.56 Å². The van der Waals surface area contributed by atoms with E-state index in [0.29, 0.717) is 0 Å². The number of benzene rings is 1. The number of nitrogens with zero attached hydrogens (tertiary/aromatic N) is 3. The SMILES string of the molecule is Cn1cc(Cn2c(=O)[nH]c3cc(F)ccc3c2=O)cn1. The molecule has 0 fully saturated rings. The topological polar surface area (TPSA) is 72.7 Å². The molecule has 0 saturated carbocycles. The Morgan fingerprint density at radius 3 is 2.85 bits per heavy atom. The van der Waals surface area contributed by atoms with Crippen LogP contribution in [0.4, 0.5) is 4.39 Å². The van der Waals surface area contributed by atoms with Crippen molar-refractivity contribution in [2.75, 3.05) is 0 Å². The number of H-pyrrole nitrogens is 1. The number of rotatable bonds is 2. The monoisotopic (exact) mass is 274 g/mol. The first-order chi connectivity index (χ1) is 9.54. The van der Waals surface area contributed by atoms with Gasteiger partial charge in [0, 0.05) is 18.8 Å². The molecule has 0 amide bonds. The van der Waals surface area contributed by atoms with Crippen molar-refractivity contribution in [2.24, 2.45) is 7.05 Å². The number of aryl methyl sites for hydroxylation is 1. The van der Waals surface area contributed by atoms with Crippen LogP contribution in [0.2, 0.25) is 0 Å². The van der Waals surface area contributed by atoms with Gasteiger partial charge in [-0.1, -0.05) is 0 Å². The van der Waals surface area contributed by atoms with Gasteiger partial charge in [-0.25, -0.2) is 9.18 Å². The summed E-state index contributed by atoms with van der Waals surface area (Å²) in [7, 11) is 1.75. The summed E-state index contributed by atoms with van der Waals surface area (Å²) in [6.45, 7) is 0.120. The molecule has 0 aliphatic heterocycles. The Labute approximate surface area is 112 Å². The molecular formula is C13H11FN4O2. The van der Waals surface area contributed by atoms with Crippen LogP contribution >= 0.6 is 0 Å². The molecule has 0 unspecified atom stereocenters. The van der Waals surface area contributed by atoms with Crippen LogP contribution in [0.25, 0.3) is 10.9 Å². The Morgan fingerprint density at radius 1 is 1.35 bits per heavy atom. The highest BCUT2D eigenvalue weighted by Gasteiger charge is 2.09. The first kappa shape index (κ1) is 12.3. The van der Waals surface area contributed by atoms with Crippen molar-refractivity contribution in [3.63, 3.8) is 0 Å². The molecule has 2 aromatic heterocycles. The molecule has 102 valence electrons. The molecule has 3 rings (SSSR count). The average Bonchev–Trinajstić information content (AvgIpc) is 2.80. The largest absolute Gasteiger partial charge is 0.329 e. The van der Waals surface area contributed by atoms with Crippen LogP contribution in [0.3, 0.4) is 0 Å². The van der Waals surface area contributed by atoms with Crippen molar-refractivity contribution in [2.45, 2.75) is 6.54 Å². The lowest BCUT2D eigenvalue weighted by Crippen LogP contribution is -2.35. The van der Waals surface area contributed by atoms with E-state index in [4.69, 9.17) is 0 Å². The van der Waals surface area contributed by atoms with E-state index < -0.39 is 17.1 Å². The molecule has 0 radical (unpaired) electrons. The molecular weight excluding hydrogens is 263 g/mol. The zero-order valence-corrected chi connectivity index (χ0v) is 10.6. The van der Waals surface area contributed by atoms with E-state index in [0.717, 1.165) is 16.2 Å². The quantitative estimate of drug-likeness (QED) is 0.744. The average molecular weight is 274 g/mol. The van der Waals surface area contributed by atoms with Crippen LogP contribution in [0, 0.1) is 5.82 Å². The molecule has 0 atom stereocenters. The molecule has 0 saturated heterocycles. The fourth-order valence-electron chi connectivity index (χ4n) is 2.11. The zero-order valence-electron chi connectivity index (χ0n) is 10.6. The van der Waals surface area contributed by atoms with Crippen molar-refractivity contribution >= 4 is 10.9 Å². The van der Waals surface area contributed by atoms with Crippen LogP contribution in [-0.4, -0.2) is 19.3 Å². The summed E-state index contributed by atoms with van der Waals surface area (Å²) in [5.41, 5.74) is -0.0893. The van der Waals surface area contributed by atoms with Gasteiger partial charge in [-0.15, -0.1) is 0 Å². The van der Waals surface area contributed by atoms with E-state index in [1.807, 2.05) is 0 Å². The summed E-state index contributed by atoms with van der Waals surface area (Å²) in [5.74, 6) is -0.502. The highest BCUT2D eigenvalue weighted by atomic mass is 19.1. The number of halogens is 1. The van der Waals surface area contributed by atoms with Gasteiger partial charge in [-0.2, -0.15) is 5.10 Å². The zero-order chi connectivity index (χ0) is 14.3. The van der Waals surface area contributed by atoms with E-state index in [-0.39, 0.29) is 17.4 Å². The molecule has 6 nitrogen and oxygen atoms in total. The predicted octanol–water partition coefficient (Wildman–Crippen LogP) is 0.611. The van der Waals surface area contributed by atoms with Crippen molar-refractivity contribution < 1.29 is 4.39 Å². The molecule has 0 spiro atoms. The number of hydrogen-bond acceptors (Lipinski definition) is 3. The van der Waals surface area contributed by atoms with Gasteiger partial charge in [0.05, 0.1) is 23.6 Å². The Kier molecular flexibility index (Phi) is 2.74. The van der Waals surface area contributed by atoms with Gasteiger partial charge in [0.15, 0.2) is 0 Å². The minimum atomic E-state index is -0.572. The fraction of sp³-hybridized carbons (Fsp3) is 0.154. The maximum Gasteiger partial charge on any atom is 0.329 e. The number of hydrogen-bond donors (Lipinski definition) is 1. The Balaban J connectivity index is 2.18. The fourth-order valence-corrected chi connectivity index (χ4v) is 2.11. The van der Waals surface area contributed by atoms with Gasteiger partial charge in [-0.3, -0.25) is 14.0 Å². The van der Waals surface area contributed by atoms with Gasteiger partial charge in [0.2, 0.25) is 0 Å². The van der Waals surface area contributed by atoms with Gasteiger partial charge < -0.3 is 4.98 Å². The molecule has 0 aliphatic carbocycles. The normalized spacial score (nSPS) is 11.1. The van der Waals surface area contributed by atoms with Gasteiger partial charge in [-0.05, 0) is 18.2 Å². The van der Waals surface area contributed by atoms with Crippen LogP contribution in [0.5, 0.6) is 0 Å². The molecule has 1 N–H and O–H groups in total. The molecule has 1 aromatic carbocycles. The first-order valence-corrected chi connectivity index (χ1v) is 5.94. The Morgan fingerprint density at radius 2 is 2.15 bits per heavy atom. The minimum Gasteiger partial charge on any atom is -0.307 e. The third kappa shape index (κ3) is 2.03. The van der Waals surface area contributed by atoms with Gasteiger partial charge in [0.25, 0.3) is 5.56 Å². The van der Waals surface area contributed by atoms with Crippen molar-refractivity contribution in [3.05, 3.63) is 62.8 Å². The standard InChI is InChI=1S/C13H11FN4O2/c1-17-6-8(5-15-17)7-18-12(19)10-3-2-9(14)4-11(10)16-13(18)20/h2-6H,7H2,1H3,(H,16,20). The summed E-state index contributed by atoms with van der Waals surface area (Å²) in [6, 6.07) is 3.69. The highest BCUT2D eigenvalue weighted by molar-refractivity contribution is 5.77. The predicted molar refractivity (Wildman–Crippen MR) is 71.1 cm³/mol.